The molecule has 0 aliphatic carbocycles. The number of nitrogens with zero attached hydrogens (tertiary/aromatic N) is 2. The van der Waals surface area contributed by atoms with Gasteiger partial charge in [0, 0.05) is 6.54 Å². The highest BCUT2D eigenvalue weighted by Gasteiger charge is 2.46. The highest BCUT2D eigenvalue weighted by Crippen LogP contribution is 2.31. The number of hydroxylamine groups is 2. The van der Waals surface area contributed by atoms with Crippen LogP contribution in [-0.4, -0.2) is 58.3 Å². The van der Waals surface area contributed by atoms with Crippen LogP contribution in [0.15, 0.2) is 48.5 Å². The summed E-state index contributed by atoms with van der Waals surface area (Å²) in [5, 5.41) is 12.5. The van der Waals surface area contributed by atoms with Crippen LogP contribution in [-0.2, 0) is 15.8 Å². The van der Waals surface area contributed by atoms with Crippen molar-refractivity contribution < 1.29 is 37.5 Å². The first kappa shape index (κ1) is 24.1. The average molecular weight is 465 g/mol. The van der Waals surface area contributed by atoms with Crippen LogP contribution in [0.4, 0.5) is 18.0 Å². The lowest BCUT2D eigenvalue weighted by molar-refractivity contribution is -0.165. The predicted molar refractivity (Wildman–Crippen MR) is 110 cm³/mol. The van der Waals surface area contributed by atoms with Crippen molar-refractivity contribution in [3.05, 3.63) is 54.1 Å². The standard InChI is InChI=1S/C22H22F3N3O5/c1-21(2)19(30)26-20(31)27(21)11-17(28(32)13-29)12-33-18-9-5-15(6-10-18)14-3-7-16(8-4-14)22(23,24)25/h3-10,13,17,32H,11-12H2,1-2H3,(H,26,30,31)/t17-/m1/s1. The minimum absolute atomic E-state index is 0.163. The number of alkyl halides is 3. The highest BCUT2D eigenvalue weighted by molar-refractivity contribution is 6.06. The number of carbonyl (C=O) groups excluding carboxylic acids is 3. The summed E-state index contributed by atoms with van der Waals surface area (Å²) in [5.41, 5.74) is -0.653. The van der Waals surface area contributed by atoms with Crippen molar-refractivity contribution in [3.63, 3.8) is 0 Å². The highest BCUT2D eigenvalue weighted by atomic mass is 19.4. The third-order valence-electron chi connectivity index (χ3n) is 5.41. The molecule has 0 bridgehead atoms. The molecule has 0 saturated carbocycles. The largest absolute Gasteiger partial charge is 0.491 e. The molecule has 0 spiro atoms. The number of benzene rings is 2. The molecule has 1 atom stereocenters. The monoisotopic (exact) mass is 465 g/mol. The smallest absolute Gasteiger partial charge is 0.416 e. The second-order valence-corrected chi connectivity index (χ2v) is 7.98. The Hall–Kier alpha value is -3.60. The number of carbonyl (C=O) groups is 3. The Bertz CT molecular complexity index is 1020. The molecule has 8 nitrogen and oxygen atoms in total. The Morgan fingerprint density at radius 1 is 1.09 bits per heavy atom. The molecule has 11 heteroatoms. The molecular formula is C22H22F3N3O5. The van der Waals surface area contributed by atoms with Crippen LogP contribution in [0.5, 0.6) is 5.75 Å². The van der Waals surface area contributed by atoms with E-state index in [9.17, 15) is 32.8 Å². The van der Waals surface area contributed by atoms with E-state index in [-0.39, 0.29) is 19.6 Å². The number of hydrogen-bond donors (Lipinski definition) is 2. The summed E-state index contributed by atoms with van der Waals surface area (Å²) in [6.45, 7) is 2.72. The molecule has 176 valence electrons. The minimum Gasteiger partial charge on any atom is -0.491 e. The van der Waals surface area contributed by atoms with Gasteiger partial charge < -0.3 is 9.64 Å². The summed E-state index contributed by atoms with van der Waals surface area (Å²) in [6, 6.07) is 9.60. The molecule has 2 N–H and O–H groups in total. The molecule has 2 aromatic carbocycles. The van der Waals surface area contributed by atoms with E-state index in [0.29, 0.717) is 21.9 Å². The second kappa shape index (κ2) is 9.10. The Morgan fingerprint density at radius 2 is 1.64 bits per heavy atom. The molecule has 3 rings (SSSR count). The lowest BCUT2D eigenvalue weighted by Crippen LogP contribution is -2.52. The molecular weight excluding hydrogens is 443 g/mol. The van der Waals surface area contributed by atoms with E-state index in [1.165, 1.54) is 30.9 Å². The molecule has 1 heterocycles. The number of rotatable bonds is 8. The number of ether oxygens (including phenoxy) is 1. The van der Waals surface area contributed by atoms with E-state index in [1.807, 2.05) is 0 Å². The van der Waals surface area contributed by atoms with Crippen molar-refractivity contribution in [2.24, 2.45) is 0 Å². The van der Waals surface area contributed by atoms with Crippen LogP contribution in [0, 0.1) is 0 Å². The fourth-order valence-electron chi connectivity index (χ4n) is 3.30. The van der Waals surface area contributed by atoms with Crippen LogP contribution < -0.4 is 10.1 Å². The Balaban J connectivity index is 1.67. The van der Waals surface area contributed by atoms with Gasteiger partial charge in [-0.1, -0.05) is 24.3 Å². The summed E-state index contributed by atoms with van der Waals surface area (Å²) >= 11 is 0. The van der Waals surface area contributed by atoms with Crippen molar-refractivity contribution >= 4 is 18.3 Å². The SMILES string of the molecule is CC1(C)C(=O)NC(=O)N1C[C@H](COc1ccc(-c2ccc(C(F)(F)F)cc2)cc1)N(O)C=O. The molecule has 0 unspecified atom stereocenters. The van der Waals surface area contributed by atoms with E-state index in [4.69, 9.17) is 4.74 Å². The van der Waals surface area contributed by atoms with E-state index in [2.05, 4.69) is 5.32 Å². The van der Waals surface area contributed by atoms with Crippen molar-refractivity contribution in [2.45, 2.75) is 31.6 Å². The fourth-order valence-corrected chi connectivity index (χ4v) is 3.30. The zero-order valence-electron chi connectivity index (χ0n) is 17.8. The molecule has 1 saturated heterocycles. The topological polar surface area (TPSA) is 99.2 Å². The molecule has 33 heavy (non-hydrogen) atoms. The van der Waals surface area contributed by atoms with Gasteiger partial charge in [0.15, 0.2) is 0 Å². The molecule has 1 aliphatic rings. The first-order chi connectivity index (χ1) is 15.4. The lowest BCUT2D eigenvalue weighted by Gasteiger charge is -2.33. The van der Waals surface area contributed by atoms with Gasteiger partial charge in [-0.05, 0) is 49.2 Å². The van der Waals surface area contributed by atoms with Gasteiger partial charge >= 0.3 is 12.2 Å². The van der Waals surface area contributed by atoms with Crippen LogP contribution >= 0.6 is 0 Å². The summed E-state index contributed by atoms with van der Waals surface area (Å²) in [7, 11) is 0. The van der Waals surface area contributed by atoms with Gasteiger partial charge in [0.2, 0.25) is 6.41 Å². The zero-order valence-corrected chi connectivity index (χ0v) is 17.8. The van der Waals surface area contributed by atoms with Crippen LogP contribution in [0.3, 0.4) is 0 Å². The Kier molecular flexibility index (Phi) is 6.63. The summed E-state index contributed by atoms with van der Waals surface area (Å²) < 4.78 is 43.8. The quantitative estimate of drug-likeness (QED) is 0.270. The molecule has 0 aromatic heterocycles. The predicted octanol–water partition coefficient (Wildman–Crippen LogP) is 3.30. The minimum atomic E-state index is -4.41. The van der Waals surface area contributed by atoms with Gasteiger partial charge in [0.05, 0.1) is 5.56 Å². The summed E-state index contributed by atoms with van der Waals surface area (Å²) in [5.74, 6) is -0.127. The number of hydrogen-bond acceptors (Lipinski definition) is 5. The lowest BCUT2D eigenvalue weighted by atomic mass is 10.0. The number of halogens is 3. The first-order valence-electron chi connectivity index (χ1n) is 9.89. The van der Waals surface area contributed by atoms with Crippen LogP contribution in [0.25, 0.3) is 11.1 Å². The van der Waals surface area contributed by atoms with Crippen molar-refractivity contribution in [1.82, 2.24) is 15.3 Å². The number of urea groups is 1. The fraction of sp³-hybridized carbons (Fsp3) is 0.318. The van der Waals surface area contributed by atoms with Gasteiger partial charge in [-0.25, -0.2) is 9.86 Å². The molecule has 4 amide bonds. The molecule has 2 aromatic rings. The number of imide groups is 1. The summed E-state index contributed by atoms with van der Waals surface area (Å²) in [6.07, 6.45) is -4.24. The van der Waals surface area contributed by atoms with Gasteiger partial charge in [0.1, 0.15) is 23.9 Å². The van der Waals surface area contributed by atoms with Crippen LogP contribution in [0.2, 0.25) is 0 Å². The van der Waals surface area contributed by atoms with Gasteiger partial charge in [-0.15, -0.1) is 0 Å². The second-order valence-electron chi connectivity index (χ2n) is 7.98. The van der Waals surface area contributed by atoms with Gasteiger partial charge in [-0.3, -0.25) is 20.1 Å². The normalized spacial score (nSPS) is 16.4. The number of nitrogens with one attached hydrogen (secondary N) is 1. The van der Waals surface area contributed by atoms with Crippen molar-refractivity contribution in [1.29, 1.82) is 0 Å². The van der Waals surface area contributed by atoms with Gasteiger partial charge in [0.25, 0.3) is 5.91 Å². The third-order valence-corrected chi connectivity index (χ3v) is 5.41. The Morgan fingerprint density at radius 3 is 2.09 bits per heavy atom. The maximum atomic E-state index is 12.7. The third kappa shape index (κ3) is 5.25. The van der Waals surface area contributed by atoms with Crippen molar-refractivity contribution in [3.8, 4) is 16.9 Å². The van der Waals surface area contributed by atoms with E-state index in [0.717, 1.165) is 12.1 Å². The average Bonchev–Trinajstić information content (AvgIpc) is 2.97. The Labute approximate surface area is 187 Å². The number of amides is 4. The maximum absolute atomic E-state index is 12.7. The first-order valence-corrected chi connectivity index (χ1v) is 9.89. The molecule has 0 radical (unpaired) electrons. The van der Waals surface area contributed by atoms with E-state index >= 15 is 0 Å². The van der Waals surface area contributed by atoms with E-state index in [1.54, 1.807) is 24.3 Å². The molecule has 1 fully saturated rings. The zero-order chi connectivity index (χ0) is 24.4. The van der Waals surface area contributed by atoms with E-state index < -0.39 is 35.3 Å². The summed E-state index contributed by atoms with van der Waals surface area (Å²) in [4.78, 5) is 36.3. The molecule has 1 aliphatic heterocycles. The van der Waals surface area contributed by atoms with Gasteiger partial charge in [-0.2, -0.15) is 13.2 Å². The van der Waals surface area contributed by atoms with Crippen molar-refractivity contribution in [2.75, 3.05) is 13.2 Å². The van der Waals surface area contributed by atoms with Crippen LogP contribution in [0.1, 0.15) is 19.4 Å². The maximum Gasteiger partial charge on any atom is 0.416 e.